The number of hydrogen-bond acceptors (Lipinski definition) is 3. The molecule has 2 aliphatic rings. The Labute approximate surface area is 158 Å². The molecule has 0 N–H and O–H groups in total. The van der Waals surface area contributed by atoms with Gasteiger partial charge in [0, 0.05) is 67.9 Å². The van der Waals surface area contributed by atoms with Gasteiger partial charge in [-0.2, -0.15) is 0 Å². The molecule has 0 saturated carbocycles. The van der Waals surface area contributed by atoms with E-state index in [1.54, 1.807) is 0 Å². The van der Waals surface area contributed by atoms with Gasteiger partial charge in [0.1, 0.15) is 0 Å². The van der Waals surface area contributed by atoms with Gasteiger partial charge in [-0.3, -0.25) is 9.80 Å². The molecule has 4 rings (SSSR count). The third-order valence-corrected chi connectivity index (χ3v) is 6.75. The smallest absolute Gasteiger partial charge is 0.0486 e. The van der Waals surface area contributed by atoms with Gasteiger partial charge in [-0.25, -0.2) is 0 Å². The van der Waals surface area contributed by atoms with Crippen molar-refractivity contribution in [1.82, 2.24) is 19.3 Å². The quantitative estimate of drug-likeness (QED) is 0.839. The summed E-state index contributed by atoms with van der Waals surface area (Å²) in [6, 6.07) is 9.39. The lowest BCUT2D eigenvalue weighted by atomic mass is 9.83. The van der Waals surface area contributed by atoms with Gasteiger partial charge in [-0.1, -0.05) is 18.2 Å². The summed E-state index contributed by atoms with van der Waals surface area (Å²) in [5, 5.41) is 1.43. The van der Waals surface area contributed by atoms with Gasteiger partial charge >= 0.3 is 0 Å². The monoisotopic (exact) mass is 354 g/mol. The normalized spacial score (nSPS) is 22.7. The second kappa shape index (κ2) is 6.99. The molecule has 1 spiro atoms. The molecule has 0 atom stereocenters. The second-order valence-corrected chi connectivity index (χ2v) is 8.83. The zero-order valence-corrected chi connectivity index (χ0v) is 16.9. The Kier molecular flexibility index (Phi) is 4.84. The van der Waals surface area contributed by atoms with E-state index < -0.39 is 0 Å². The van der Waals surface area contributed by atoms with E-state index in [-0.39, 0.29) is 0 Å². The van der Waals surface area contributed by atoms with Crippen LogP contribution >= 0.6 is 0 Å². The second-order valence-electron chi connectivity index (χ2n) is 8.83. The lowest BCUT2D eigenvalue weighted by Crippen LogP contribution is -2.63. The molecule has 4 heteroatoms. The average molecular weight is 355 g/mol. The van der Waals surface area contributed by atoms with Crippen LogP contribution in [0.5, 0.6) is 0 Å². The van der Waals surface area contributed by atoms with E-state index in [0.29, 0.717) is 11.6 Å². The summed E-state index contributed by atoms with van der Waals surface area (Å²) in [6.45, 7) is 11.7. The average Bonchev–Trinajstić information content (AvgIpc) is 3.00. The molecule has 1 aromatic heterocycles. The lowest BCUT2D eigenvalue weighted by Gasteiger charge is -2.52. The molecule has 3 heterocycles. The van der Waals surface area contributed by atoms with Crippen molar-refractivity contribution in [3.8, 4) is 0 Å². The van der Waals surface area contributed by atoms with Gasteiger partial charge in [0.2, 0.25) is 0 Å². The van der Waals surface area contributed by atoms with Crippen LogP contribution < -0.4 is 0 Å². The van der Waals surface area contributed by atoms with Crippen LogP contribution in [0.3, 0.4) is 0 Å². The van der Waals surface area contributed by atoms with Gasteiger partial charge in [0.15, 0.2) is 0 Å². The first-order chi connectivity index (χ1) is 12.5. The Bertz CT molecular complexity index is 755. The SMILES string of the molecule is CC(C)n1cc(CN2CCC3(CC2)CN(C)CCN3C)c2ccccc21. The van der Waals surface area contributed by atoms with Crippen molar-refractivity contribution in [3.05, 3.63) is 36.0 Å². The Morgan fingerprint density at radius 3 is 2.46 bits per heavy atom. The largest absolute Gasteiger partial charge is 0.345 e. The molecule has 2 aliphatic heterocycles. The molecule has 2 aromatic rings. The number of fused-ring (bicyclic) bond motifs is 1. The van der Waals surface area contributed by atoms with Crippen molar-refractivity contribution in [3.63, 3.8) is 0 Å². The van der Waals surface area contributed by atoms with E-state index in [1.807, 2.05) is 0 Å². The summed E-state index contributed by atoms with van der Waals surface area (Å²) >= 11 is 0. The number of benzene rings is 1. The molecule has 2 saturated heterocycles. The van der Waals surface area contributed by atoms with Crippen LogP contribution in [0, 0.1) is 0 Å². The van der Waals surface area contributed by atoms with Crippen LogP contribution in [0.2, 0.25) is 0 Å². The van der Waals surface area contributed by atoms with Gasteiger partial charge in [0.05, 0.1) is 0 Å². The third-order valence-electron chi connectivity index (χ3n) is 6.75. The van der Waals surface area contributed by atoms with Crippen LogP contribution in [-0.4, -0.2) is 71.6 Å². The Morgan fingerprint density at radius 2 is 1.73 bits per heavy atom. The zero-order chi connectivity index (χ0) is 18.3. The van der Waals surface area contributed by atoms with Crippen molar-refractivity contribution >= 4 is 10.9 Å². The van der Waals surface area contributed by atoms with Crippen LogP contribution in [0.4, 0.5) is 0 Å². The van der Waals surface area contributed by atoms with Crippen molar-refractivity contribution < 1.29 is 0 Å². The van der Waals surface area contributed by atoms with Crippen molar-refractivity contribution in [2.45, 2.75) is 44.8 Å². The number of piperazine rings is 1. The third kappa shape index (κ3) is 3.19. The minimum atomic E-state index is 0.398. The summed E-state index contributed by atoms with van der Waals surface area (Å²) in [5.74, 6) is 0. The maximum atomic E-state index is 2.67. The molecule has 2 fully saturated rings. The van der Waals surface area contributed by atoms with E-state index in [0.717, 1.165) is 6.54 Å². The van der Waals surface area contributed by atoms with Gasteiger partial charge < -0.3 is 9.47 Å². The van der Waals surface area contributed by atoms with Crippen LogP contribution in [-0.2, 0) is 6.54 Å². The maximum absolute atomic E-state index is 2.67. The minimum absolute atomic E-state index is 0.398. The molecular weight excluding hydrogens is 320 g/mol. The standard InChI is InChI=1S/C22H34N4/c1-18(2)26-16-19(20-7-5-6-8-21(20)26)15-25-11-9-22(10-12-25)17-23(3)13-14-24(22)4/h5-8,16,18H,9-15,17H2,1-4H3. The Hall–Kier alpha value is -1.36. The number of nitrogens with zero attached hydrogens (tertiary/aromatic N) is 4. The first-order valence-electron chi connectivity index (χ1n) is 10.2. The predicted octanol–water partition coefficient (Wildman–Crippen LogP) is 3.43. The summed E-state index contributed by atoms with van der Waals surface area (Å²) in [7, 11) is 4.61. The summed E-state index contributed by atoms with van der Waals surface area (Å²) in [4.78, 5) is 7.82. The number of piperidine rings is 1. The highest BCUT2D eigenvalue weighted by Crippen LogP contribution is 2.33. The van der Waals surface area contributed by atoms with Crippen LogP contribution in [0.1, 0.15) is 38.3 Å². The highest BCUT2D eigenvalue weighted by atomic mass is 15.3. The van der Waals surface area contributed by atoms with Gasteiger partial charge in [0.25, 0.3) is 0 Å². The van der Waals surface area contributed by atoms with E-state index in [9.17, 15) is 0 Å². The zero-order valence-electron chi connectivity index (χ0n) is 16.9. The molecule has 1 aromatic carbocycles. The number of rotatable bonds is 3. The highest BCUT2D eigenvalue weighted by molar-refractivity contribution is 5.84. The molecule has 0 amide bonds. The van der Waals surface area contributed by atoms with Crippen LogP contribution in [0.15, 0.2) is 30.5 Å². The minimum Gasteiger partial charge on any atom is -0.345 e. The fourth-order valence-electron chi connectivity index (χ4n) is 5.00. The molecule has 0 aliphatic carbocycles. The molecule has 142 valence electrons. The number of hydrogen-bond donors (Lipinski definition) is 0. The van der Waals surface area contributed by atoms with Crippen molar-refractivity contribution in [1.29, 1.82) is 0 Å². The summed E-state index contributed by atoms with van der Waals surface area (Å²) in [6.07, 6.45) is 4.97. The van der Waals surface area contributed by atoms with Gasteiger partial charge in [-0.15, -0.1) is 0 Å². The van der Waals surface area contributed by atoms with Crippen molar-refractivity contribution in [2.75, 3.05) is 46.8 Å². The molecule has 0 radical (unpaired) electrons. The van der Waals surface area contributed by atoms with Crippen LogP contribution in [0.25, 0.3) is 10.9 Å². The van der Waals surface area contributed by atoms with Gasteiger partial charge in [-0.05, 0) is 52.4 Å². The highest BCUT2D eigenvalue weighted by Gasteiger charge is 2.41. The summed E-state index contributed by atoms with van der Waals surface area (Å²) < 4.78 is 2.43. The summed E-state index contributed by atoms with van der Waals surface area (Å²) in [5.41, 5.74) is 3.26. The molecular formula is C22H34N4. The fraction of sp³-hybridized carbons (Fsp3) is 0.636. The Balaban J connectivity index is 1.49. The number of likely N-dealkylation sites (tertiary alicyclic amines) is 1. The molecule has 4 nitrogen and oxygen atoms in total. The topological polar surface area (TPSA) is 14.7 Å². The predicted molar refractivity (Wildman–Crippen MR) is 110 cm³/mol. The lowest BCUT2D eigenvalue weighted by molar-refractivity contribution is -0.0204. The molecule has 0 bridgehead atoms. The first kappa shape index (κ1) is 18.0. The Morgan fingerprint density at radius 1 is 1.00 bits per heavy atom. The number of likely N-dealkylation sites (N-methyl/N-ethyl adjacent to an activating group) is 2. The first-order valence-corrected chi connectivity index (χ1v) is 10.2. The van der Waals surface area contributed by atoms with Crippen molar-refractivity contribution in [2.24, 2.45) is 0 Å². The fourth-order valence-corrected chi connectivity index (χ4v) is 5.00. The van der Waals surface area contributed by atoms with E-state index in [2.05, 4.69) is 77.7 Å². The molecule has 0 unspecified atom stereocenters. The molecule has 26 heavy (non-hydrogen) atoms. The number of para-hydroxylation sites is 1. The van der Waals surface area contributed by atoms with E-state index in [4.69, 9.17) is 0 Å². The van der Waals surface area contributed by atoms with E-state index in [1.165, 1.54) is 62.0 Å². The maximum Gasteiger partial charge on any atom is 0.0486 e. The van der Waals surface area contributed by atoms with E-state index >= 15 is 0 Å². The number of aromatic nitrogens is 1.